The molecule has 5 heteroatoms. The monoisotopic (exact) mass is 291 g/mol. The minimum atomic E-state index is 0.126. The molecule has 1 aromatic rings. The number of ether oxygens (including phenoxy) is 1. The molecule has 21 heavy (non-hydrogen) atoms. The van der Waals surface area contributed by atoms with Gasteiger partial charge in [-0.2, -0.15) is 0 Å². The third-order valence-corrected chi connectivity index (χ3v) is 3.67. The second kappa shape index (κ2) is 8.77. The quantitative estimate of drug-likeness (QED) is 0.746. The molecule has 1 aliphatic rings. The van der Waals surface area contributed by atoms with Crippen molar-refractivity contribution in [3.63, 3.8) is 0 Å². The molecule has 0 spiro atoms. The molecule has 1 saturated heterocycles. The molecule has 0 aromatic heterocycles. The van der Waals surface area contributed by atoms with Crippen LogP contribution in [0.5, 0.6) is 0 Å². The van der Waals surface area contributed by atoms with Crippen LogP contribution in [0.3, 0.4) is 0 Å². The zero-order valence-electron chi connectivity index (χ0n) is 12.8. The van der Waals surface area contributed by atoms with Crippen LogP contribution in [0.2, 0.25) is 0 Å². The van der Waals surface area contributed by atoms with E-state index in [1.54, 1.807) is 4.90 Å². The van der Waals surface area contributed by atoms with Gasteiger partial charge in [0.25, 0.3) is 0 Å². The molecule has 0 unspecified atom stereocenters. The van der Waals surface area contributed by atoms with Gasteiger partial charge in [-0.25, -0.2) is 0 Å². The van der Waals surface area contributed by atoms with Crippen LogP contribution < -0.4 is 5.32 Å². The Morgan fingerprint density at radius 2 is 2.00 bits per heavy atom. The zero-order valence-corrected chi connectivity index (χ0v) is 12.8. The molecule has 0 atom stereocenters. The van der Waals surface area contributed by atoms with E-state index in [0.29, 0.717) is 13.1 Å². The summed E-state index contributed by atoms with van der Waals surface area (Å²) < 4.78 is 5.31. The summed E-state index contributed by atoms with van der Waals surface area (Å²) in [6.07, 6.45) is 0. The lowest BCUT2D eigenvalue weighted by atomic mass is 10.2. The van der Waals surface area contributed by atoms with E-state index < -0.39 is 0 Å². The van der Waals surface area contributed by atoms with Gasteiger partial charge in [0.1, 0.15) is 0 Å². The minimum Gasteiger partial charge on any atom is -0.379 e. The summed E-state index contributed by atoms with van der Waals surface area (Å²) in [6, 6.07) is 10.0. The van der Waals surface area contributed by atoms with E-state index in [1.807, 2.05) is 37.4 Å². The van der Waals surface area contributed by atoms with Crippen LogP contribution >= 0.6 is 0 Å². The number of morpholine rings is 1. The predicted octanol–water partition coefficient (Wildman–Crippen LogP) is 0.567. The second-order valence-corrected chi connectivity index (χ2v) is 5.37. The topological polar surface area (TPSA) is 44.8 Å². The van der Waals surface area contributed by atoms with Crippen LogP contribution in [0, 0.1) is 0 Å². The average Bonchev–Trinajstić information content (AvgIpc) is 2.53. The van der Waals surface area contributed by atoms with Crippen LogP contribution in [-0.4, -0.2) is 68.7 Å². The van der Waals surface area contributed by atoms with Crippen molar-refractivity contribution in [1.82, 2.24) is 15.1 Å². The molecule has 5 nitrogen and oxygen atoms in total. The Balaban J connectivity index is 1.60. The van der Waals surface area contributed by atoms with Gasteiger partial charge in [0.15, 0.2) is 0 Å². The maximum absolute atomic E-state index is 12.0. The number of benzene rings is 1. The van der Waals surface area contributed by atoms with Gasteiger partial charge in [-0.05, 0) is 5.56 Å². The minimum absolute atomic E-state index is 0.126. The molecule has 0 aliphatic carbocycles. The van der Waals surface area contributed by atoms with E-state index in [1.165, 1.54) is 0 Å². The normalized spacial score (nSPS) is 15.9. The molecule has 1 aliphatic heterocycles. The highest BCUT2D eigenvalue weighted by atomic mass is 16.5. The SMILES string of the molecule is CN(Cc1ccccc1)C(=O)CNCCN1CCOCC1. The van der Waals surface area contributed by atoms with E-state index in [4.69, 9.17) is 4.74 Å². The maximum Gasteiger partial charge on any atom is 0.236 e. The lowest BCUT2D eigenvalue weighted by molar-refractivity contribution is -0.129. The Morgan fingerprint density at radius 1 is 1.29 bits per heavy atom. The van der Waals surface area contributed by atoms with E-state index in [-0.39, 0.29) is 5.91 Å². The highest BCUT2D eigenvalue weighted by Crippen LogP contribution is 2.02. The first-order chi connectivity index (χ1) is 10.3. The fourth-order valence-electron chi connectivity index (χ4n) is 2.34. The first kappa shape index (κ1) is 15.9. The summed E-state index contributed by atoms with van der Waals surface area (Å²) >= 11 is 0. The highest BCUT2D eigenvalue weighted by molar-refractivity contribution is 5.77. The Hall–Kier alpha value is -1.43. The summed E-state index contributed by atoms with van der Waals surface area (Å²) in [5.74, 6) is 0.126. The number of carbonyl (C=O) groups excluding carboxylic acids is 1. The van der Waals surface area contributed by atoms with Crippen molar-refractivity contribution in [2.75, 3.05) is 53.0 Å². The smallest absolute Gasteiger partial charge is 0.236 e. The van der Waals surface area contributed by atoms with Gasteiger partial charge in [0, 0.05) is 39.8 Å². The van der Waals surface area contributed by atoms with Crippen LogP contribution in [0.1, 0.15) is 5.56 Å². The number of carbonyl (C=O) groups is 1. The maximum atomic E-state index is 12.0. The fraction of sp³-hybridized carbons (Fsp3) is 0.562. The summed E-state index contributed by atoms with van der Waals surface area (Å²) in [6.45, 7) is 6.48. The molecule has 0 saturated carbocycles. The van der Waals surface area contributed by atoms with E-state index in [2.05, 4.69) is 10.2 Å². The summed E-state index contributed by atoms with van der Waals surface area (Å²) in [5.41, 5.74) is 1.15. The number of nitrogens with one attached hydrogen (secondary N) is 1. The zero-order chi connectivity index (χ0) is 14.9. The first-order valence-electron chi connectivity index (χ1n) is 7.54. The number of nitrogens with zero attached hydrogens (tertiary/aromatic N) is 2. The van der Waals surface area contributed by atoms with E-state index in [0.717, 1.165) is 45.0 Å². The molecule has 0 radical (unpaired) electrons. The molecule has 2 rings (SSSR count). The van der Waals surface area contributed by atoms with Gasteiger partial charge in [-0.1, -0.05) is 30.3 Å². The van der Waals surface area contributed by atoms with Crippen LogP contribution in [0.15, 0.2) is 30.3 Å². The van der Waals surface area contributed by atoms with E-state index >= 15 is 0 Å². The molecule has 1 aromatic carbocycles. The van der Waals surface area contributed by atoms with Crippen molar-refractivity contribution in [2.45, 2.75) is 6.54 Å². The summed E-state index contributed by atoms with van der Waals surface area (Å²) in [4.78, 5) is 16.1. The molecule has 0 bridgehead atoms. The molecule has 1 heterocycles. The fourth-order valence-corrected chi connectivity index (χ4v) is 2.34. The van der Waals surface area contributed by atoms with Gasteiger partial charge in [0.2, 0.25) is 5.91 Å². The van der Waals surface area contributed by atoms with E-state index in [9.17, 15) is 4.79 Å². The Morgan fingerprint density at radius 3 is 2.71 bits per heavy atom. The number of hydrogen-bond acceptors (Lipinski definition) is 4. The average molecular weight is 291 g/mol. The third kappa shape index (κ3) is 5.83. The van der Waals surface area contributed by atoms with Gasteiger partial charge in [-0.3, -0.25) is 9.69 Å². The lowest BCUT2D eigenvalue weighted by Gasteiger charge is -2.26. The molecule has 116 valence electrons. The van der Waals surface area contributed by atoms with Crippen LogP contribution in [0.4, 0.5) is 0 Å². The highest BCUT2D eigenvalue weighted by Gasteiger charge is 2.11. The lowest BCUT2D eigenvalue weighted by Crippen LogP contribution is -2.42. The third-order valence-electron chi connectivity index (χ3n) is 3.67. The summed E-state index contributed by atoms with van der Waals surface area (Å²) in [7, 11) is 1.85. The van der Waals surface area contributed by atoms with Crippen molar-refractivity contribution < 1.29 is 9.53 Å². The Bertz CT molecular complexity index is 419. The second-order valence-electron chi connectivity index (χ2n) is 5.37. The van der Waals surface area contributed by atoms with Crippen molar-refractivity contribution in [3.05, 3.63) is 35.9 Å². The molecule has 1 fully saturated rings. The number of amides is 1. The number of hydrogen-bond donors (Lipinski definition) is 1. The van der Waals surface area contributed by atoms with Crippen molar-refractivity contribution in [2.24, 2.45) is 0 Å². The Kier molecular flexibility index (Phi) is 6.66. The van der Waals surface area contributed by atoms with Crippen LogP contribution in [0.25, 0.3) is 0 Å². The molecule has 1 amide bonds. The predicted molar refractivity (Wildman–Crippen MR) is 83.0 cm³/mol. The Labute approximate surface area is 126 Å². The largest absolute Gasteiger partial charge is 0.379 e. The van der Waals surface area contributed by atoms with Crippen molar-refractivity contribution in [1.29, 1.82) is 0 Å². The van der Waals surface area contributed by atoms with Gasteiger partial charge in [0.05, 0.1) is 19.8 Å². The van der Waals surface area contributed by atoms with Crippen molar-refractivity contribution in [3.8, 4) is 0 Å². The molecular formula is C16H25N3O2. The number of rotatable bonds is 7. The number of likely N-dealkylation sites (N-methyl/N-ethyl adjacent to an activating group) is 1. The van der Waals surface area contributed by atoms with Gasteiger partial charge >= 0.3 is 0 Å². The first-order valence-corrected chi connectivity index (χ1v) is 7.54. The van der Waals surface area contributed by atoms with Crippen molar-refractivity contribution >= 4 is 5.91 Å². The van der Waals surface area contributed by atoms with Gasteiger partial charge in [-0.15, -0.1) is 0 Å². The van der Waals surface area contributed by atoms with Crippen LogP contribution in [-0.2, 0) is 16.1 Å². The molecular weight excluding hydrogens is 266 g/mol. The standard InChI is InChI=1S/C16H25N3O2/c1-18(14-15-5-3-2-4-6-15)16(20)13-17-7-8-19-9-11-21-12-10-19/h2-6,17H,7-14H2,1H3. The van der Waals surface area contributed by atoms with Gasteiger partial charge < -0.3 is 15.0 Å². The summed E-state index contributed by atoms with van der Waals surface area (Å²) in [5, 5.41) is 3.23. The molecule has 1 N–H and O–H groups in total.